The van der Waals surface area contributed by atoms with Gasteiger partial charge in [-0.2, -0.15) is 0 Å². The van der Waals surface area contributed by atoms with Crippen molar-refractivity contribution in [2.45, 2.75) is 19.9 Å². The average molecular weight is 337 g/mol. The Labute approximate surface area is 131 Å². The summed E-state index contributed by atoms with van der Waals surface area (Å²) < 4.78 is 11.2. The van der Waals surface area contributed by atoms with Crippen molar-refractivity contribution in [1.29, 1.82) is 0 Å². The van der Waals surface area contributed by atoms with E-state index in [1.807, 2.05) is 13.8 Å². The Morgan fingerprint density at radius 2 is 2.00 bits per heavy atom. The molecule has 1 aromatic carbocycles. The maximum atomic E-state index is 12.1. The van der Waals surface area contributed by atoms with Crippen LogP contribution in [0.15, 0.2) is 12.1 Å². The van der Waals surface area contributed by atoms with Crippen molar-refractivity contribution in [2.75, 3.05) is 24.4 Å². The number of carbonyl (C=O) groups excluding carboxylic acids is 1. The second-order valence-corrected chi connectivity index (χ2v) is 7.01. The molecule has 112 valence electrons. The third kappa shape index (κ3) is 4.65. The van der Waals surface area contributed by atoms with Crippen LogP contribution in [0.5, 0.6) is 0 Å². The van der Waals surface area contributed by atoms with Crippen molar-refractivity contribution in [3.8, 4) is 0 Å². The highest BCUT2D eigenvalue weighted by Gasteiger charge is 2.18. The van der Waals surface area contributed by atoms with Gasteiger partial charge in [0, 0.05) is 40.9 Å². The molecule has 7 heteroatoms. The Morgan fingerprint density at radius 1 is 1.40 bits per heavy atom. The maximum Gasteiger partial charge on any atom is 0.321 e. The van der Waals surface area contributed by atoms with Crippen LogP contribution in [0.2, 0.25) is 10.0 Å². The summed E-state index contributed by atoms with van der Waals surface area (Å²) in [5, 5.41) is 3.67. The molecule has 0 bridgehead atoms. The van der Waals surface area contributed by atoms with E-state index in [4.69, 9.17) is 23.2 Å². The van der Waals surface area contributed by atoms with E-state index in [1.165, 1.54) is 4.90 Å². The highest BCUT2D eigenvalue weighted by molar-refractivity contribution is 7.84. The van der Waals surface area contributed by atoms with Crippen molar-refractivity contribution >= 4 is 45.7 Å². The van der Waals surface area contributed by atoms with Crippen LogP contribution in [0.4, 0.5) is 10.5 Å². The van der Waals surface area contributed by atoms with Gasteiger partial charge in [-0.3, -0.25) is 4.21 Å². The standard InChI is InChI=1S/C13H18Cl2N2O2S/c1-8-5-11(15)12(6-10(8)14)16-13(18)17(3)9(2)7-20(4)19/h5-6,9H,7H2,1-4H3,(H,16,18)/t9-,20-/m0/s1. The fraction of sp³-hybridized carbons (Fsp3) is 0.462. The van der Waals surface area contributed by atoms with Gasteiger partial charge in [0.1, 0.15) is 0 Å². The van der Waals surface area contributed by atoms with Gasteiger partial charge in [0.25, 0.3) is 0 Å². The molecule has 2 amide bonds. The summed E-state index contributed by atoms with van der Waals surface area (Å²) in [6.07, 6.45) is 1.61. The van der Waals surface area contributed by atoms with Crippen LogP contribution in [0, 0.1) is 6.92 Å². The van der Waals surface area contributed by atoms with E-state index in [1.54, 1.807) is 25.4 Å². The first-order valence-electron chi connectivity index (χ1n) is 6.01. The number of hydrogen-bond donors (Lipinski definition) is 1. The number of urea groups is 1. The summed E-state index contributed by atoms with van der Waals surface area (Å²) in [7, 11) is 0.690. The highest BCUT2D eigenvalue weighted by Crippen LogP contribution is 2.29. The molecule has 0 aliphatic heterocycles. The van der Waals surface area contributed by atoms with Gasteiger partial charge in [-0.1, -0.05) is 23.2 Å². The van der Waals surface area contributed by atoms with Gasteiger partial charge in [-0.15, -0.1) is 0 Å². The van der Waals surface area contributed by atoms with Crippen LogP contribution in [-0.4, -0.2) is 40.2 Å². The number of aryl methyl sites for hydroxylation is 1. The third-order valence-electron chi connectivity index (χ3n) is 2.95. The third-order valence-corrected chi connectivity index (χ3v) is 4.62. The Balaban J connectivity index is 2.80. The lowest BCUT2D eigenvalue weighted by molar-refractivity contribution is 0.212. The minimum atomic E-state index is -0.959. The fourth-order valence-electron chi connectivity index (χ4n) is 1.60. The first-order valence-corrected chi connectivity index (χ1v) is 8.50. The minimum absolute atomic E-state index is 0.138. The lowest BCUT2D eigenvalue weighted by Gasteiger charge is -2.24. The molecule has 0 saturated heterocycles. The first kappa shape index (κ1) is 17.3. The lowest BCUT2D eigenvalue weighted by atomic mass is 10.2. The number of nitrogens with zero attached hydrogens (tertiary/aromatic N) is 1. The van der Waals surface area contributed by atoms with E-state index in [9.17, 15) is 9.00 Å². The summed E-state index contributed by atoms with van der Waals surface area (Å²) in [4.78, 5) is 13.6. The second kappa shape index (κ2) is 7.29. The zero-order chi connectivity index (χ0) is 15.4. The number of carbonyl (C=O) groups is 1. The van der Waals surface area contributed by atoms with Crippen LogP contribution in [-0.2, 0) is 10.8 Å². The summed E-state index contributed by atoms with van der Waals surface area (Å²) in [6.45, 7) is 3.68. The van der Waals surface area contributed by atoms with Gasteiger partial charge < -0.3 is 10.2 Å². The number of anilines is 1. The van der Waals surface area contributed by atoms with Crippen LogP contribution >= 0.6 is 23.2 Å². The smallest absolute Gasteiger partial charge is 0.321 e. The number of amides is 2. The molecule has 0 aliphatic rings. The molecule has 0 aliphatic carbocycles. The predicted molar refractivity (Wildman–Crippen MR) is 86.4 cm³/mol. The molecule has 1 N–H and O–H groups in total. The van der Waals surface area contributed by atoms with E-state index in [-0.39, 0.29) is 12.1 Å². The van der Waals surface area contributed by atoms with E-state index >= 15 is 0 Å². The summed E-state index contributed by atoms with van der Waals surface area (Å²) in [5.74, 6) is 0.423. The van der Waals surface area contributed by atoms with Crippen LogP contribution in [0.1, 0.15) is 12.5 Å². The molecule has 4 nitrogen and oxygen atoms in total. The van der Waals surface area contributed by atoms with E-state index in [2.05, 4.69) is 5.32 Å². The lowest BCUT2D eigenvalue weighted by Crippen LogP contribution is -2.41. The molecule has 0 radical (unpaired) electrons. The zero-order valence-corrected chi connectivity index (χ0v) is 14.2. The Kier molecular flexibility index (Phi) is 6.30. The second-order valence-electron chi connectivity index (χ2n) is 4.71. The number of hydrogen-bond acceptors (Lipinski definition) is 2. The van der Waals surface area contributed by atoms with E-state index < -0.39 is 10.8 Å². The topological polar surface area (TPSA) is 49.4 Å². The summed E-state index contributed by atoms with van der Waals surface area (Å²) in [6, 6.07) is 2.86. The van der Waals surface area contributed by atoms with Gasteiger partial charge in [0.2, 0.25) is 0 Å². The van der Waals surface area contributed by atoms with Crippen LogP contribution in [0.3, 0.4) is 0 Å². The average Bonchev–Trinajstić information content (AvgIpc) is 2.33. The molecule has 0 fully saturated rings. The number of nitrogens with one attached hydrogen (secondary N) is 1. The molecule has 2 atom stereocenters. The molecular weight excluding hydrogens is 319 g/mol. The normalized spacial score (nSPS) is 13.7. The van der Waals surface area contributed by atoms with Crippen molar-refractivity contribution in [2.24, 2.45) is 0 Å². The molecule has 0 heterocycles. The summed E-state index contributed by atoms with van der Waals surface area (Å²) >= 11 is 12.1. The van der Waals surface area contributed by atoms with Crippen molar-refractivity contribution in [3.05, 3.63) is 27.7 Å². The monoisotopic (exact) mass is 336 g/mol. The molecule has 1 rings (SSSR count). The van der Waals surface area contributed by atoms with Gasteiger partial charge in [-0.05, 0) is 31.5 Å². The zero-order valence-electron chi connectivity index (χ0n) is 11.9. The highest BCUT2D eigenvalue weighted by atomic mass is 35.5. The number of benzene rings is 1. The Hall–Kier alpha value is -0.780. The summed E-state index contributed by atoms with van der Waals surface area (Å²) in [5.41, 5.74) is 1.31. The molecule has 0 spiro atoms. The molecular formula is C13H18Cl2N2O2S. The molecule has 20 heavy (non-hydrogen) atoms. The first-order chi connectivity index (χ1) is 9.22. The Bertz CT molecular complexity index is 537. The Morgan fingerprint density at radius 3 is 2.55 bits per heavy atom. The van der Waals surface area contributed by atoms with Gasteiger partial charge in [0.15, 0.2) is 0 Å². The largest absolute Gasteiger partial charge is 0.324 e. The van der Waals surface area contributed by atoms with Crippen molar-refractivity contribution in [3.63, 3.8) is 0 Å². The van der Waals surface area contributed by atoms with E-state index in [0.717, 1.165) is 5.56 Å². The fourth-order valence-corrected chi connectivity index (χ4v) is 2.93. The van der Waals surface area contributed by atoms with Crippen LogP contribution in [0.25, 0.3) is 0 Å². The number of rotatable bonds is 4. The van der Waals surface area contributed by atoms with Gasteiger partial charge in [0.05, 0.1) is 10.7 Å². The molecule has 1 aromatic rings. The molecule has 0 unspecified atom stereocenters. The van der Waals surface area contributed by atoms with Gasteiger partial charge in [-0.25, -0.2) is 4.79 Å². The number of halogens is 2. The predicted octanol–water partition coefficient (Wildman–Crippen LogP) is 3.53. The molecule has 0 aromatic heterocycles. The maximum absolute atomic E-state index is 12.1. The quantitative estimate of drug-likeness (QED) is 0.914. The molecule has 0 saturated carbocycles. The minimum Gasteiger partial charge on any atom is -0.324 e. The van der Waals surface area contributed by atoms with Crippen molar-refractivity contribution in [1.82, 2.24) is 4.90 Å². The SMILES string of the molecule is Cc1cc(Cl)c(NC(=O)N(C)[C@@H](C)C[S@](C)=O)cc1Cl. The van der Waals surface area contributed by atoms with E-state index in [0.29, 0.717) is 21.5 Å². The van der Waals surface area contributed by atoms with Crippen LogP contribution < -0.4 is 5.32 Å². The van der Waals surface area contributed by atoms with Gasteiger partial charge >= 0.3 is 6.03 Å². The van der Waals surface area contributed by atoms with Crippen molar-refractivity contribution < 1.29 is 9.00 Å².